The summed E-state index contributed by atoms with van der Waals surface area (Å²) in [7, 11) is 0. The summed E-state index contributed by atoms with van der Waals surface area (Å²) in [6.07, 6.45) is 4.74. The Morgan fingerprint density at radius 2 is 2.04 bits per heavy atom. The minimum absolute atomic E-state index is 0.0361. The van der Waals surface area contributed by atoms with Gasteiger partial charge in [0, 0.05) is 11.1 Å². The molecule has 1 saturated carbocycles. The van der Waals surface area contributed by atoms with E-state index >= 15 is 0 Å². The van der Waals surface area contributed by atoms with Crippen LogP contribution in [0.15, 0.2) is 12.1 Å². The molecule has 4 heteroatoms. The van der Waals surface area contributed by atoms with Crippen LogP contribution in [0.4, 0.5) is 0 Å². The number of carbonyl (C=O) groups excluding carboxylic acids is 1. The summed E-state index contributed by atoms with van der Waals surface area (Å²) in [6, 6.07) is 4.16. The molecule has 1 fully saturated rings. The highest BCUT2D eigenvalue weighted by molar-refractivity contribution is 6.31. The van der Waals surface area contributed by atoms with Crippen LogP contribution >= 0.6 is 11.6 Å². The highest BCUT2D eigenvalue weighted by Gasteiger charge is 2.23. The topological polar surface area (TPSA) is 38.3 Å². The van der Waals surface area contributed by atoms with Crippen molar-refractivity contribution in [1.29, 1.82) is 0 Å². The predicted octanol–water partition coefficient (Wildman–Crippen LogP) is 4.85. The molecule has 2 rings (SSSR count). The molecular weight excluding hydrogens is 310 g/mol. The Hall–Kier alpha value is -1.22. The van der Waals surface area contributed by atoms with Gasteiger partial charge in [0.05, 0.1) is 0 Å². The molecule has 0 saturated heterocycles. The van der Waals surface area contributed by atoms with Crippen LogP contribution < -0.4 is 10.1 Å². The Morgan fingerprint density at radius 3 is 2.70 bits per heavy atom. The van der Waals surface area contributed by atoms with Crippen LogP contribution in [-0.4, -0.2) is 18.6 Å². The van der Waals surface area contributed by atoms with Gasteiger partial charge in [-0.25, -0.2) is 0 Å². The molecule has 23 heavy (non-hydrogen) atoms. The summed E-state index contributed by atoms with van der Waals surface area (Å²) >= 11 is 6.20. The Labute approximate surface area is 144 Å². The number of aryl methyl sites for hydroxylation is 1. The molecule has 0 bridgehead atoms. The van der Waals surface area contributed by atoms with E-state index in [2.05, 4.69) is 26.1 Å². The third kappa shape index (κ3) is 4.87. The number of hydrogen-bond acceptors (Lipinski definition) is 2. The van der Waals surface area contributed by atoms with E-state index in [0.717, 1.165) is 28.3 Å². The smallest absolute Gasteiger partial charge is 0.258 e. The van der Waals surface area contributed by atoms with E-state index < -0.39 is 0 Å². The number of benzene rings is 1. The van der Waals surface area contributed by atoms with Crippen LogP contribution in [0.5, 0.6) is 5.75 Å². The number of carbonyl (C=O) groups is 1. The van der Waals surface area contributed by atoms with Gasteiger partial charge in [0.1, 0.15) is 5.75 Å². The molecule has 1 aromatic carbocycles. The summed E-state index contributed by atoms with van der Waals surface area (Å²) in [5, 5.41) is 3.86. The van der Waals surface area contributed by atoms with Crippen LogP contribution in [0.2, 0.25) is 5.02 Å². The molecule has 3 nitrogen and oxygen atoms in total. The number of hydrogen-bond donors (Lipinski definition) is 1. The number of nitrogens with one attached hydrogen (secondary N) is 1. The molecule has 0 aromatic heterocycles. The van der Waals surface area contributed by atoms with Crippen LogP contribution in [0.3, 0.4) is 0 Å². The van der Waals surface area contributed by atoms with E-state index in [1.54, 1.807) is 0 Å². The molecule has 0 spiro atoms. The molecule has 1 N–H and O–H groups in total. The summed E-state index contributed by atoms with van der Waals surface area (Å²) in [5.74, 6) is 1.57. The molecule has 0 heterocycles. The van der Waals surface area contributed by atoms with Gasteiger partial charge in [-0.2, -0.15) is 0 Å². The first-order valence-corrected chi connectivity index (χ1v) is 8.98. The molecule has 128 valence electrons. The Kier molecular flexibility index (Phi) is 6.34. The maximum absolute atomic E-state index is 12.2. The molecule has 0 radical (unpaired) electrons. The van der Waals surface area contributed by atoms with Gasteiger partial charge in [0.15, 0.2) is 6.61 Å². The largest absolute Gasteiger partial charge is 0.483 e. The monoisotopic (exact) mass is 337 g/mol. The van der Waals surface area contributed by atoms with Crippen molar-refractivity contribution < 1.29 is 9.53 Å². The molecule has 1 aliphatic rings. The molecule has 2 unspecified atom stereocenters. The second kappa shape index (κ2) is 8.05. The minimum Gasteiger partial charge on any atom is -0.483 e. The average molecular weight is 338 g/mol. The van der Waals surface area contributed by atoms with E-state index in [0.29, 0.717) is 11.8 Å². The maximum atomic E-state index is 12.2. The van der Waals surface area contributed by atoms with Crippen molar-refractivity contribution in [1.82, 2.24) is 5.32 Å². The lowest BCUT2D eigenvalue weighted by molar-refractivity contribution is -0.124. The first-order valence-electron chi connectivity index (χ1n) is 8.60. The third-order valence-corrected chi connectivity index (χ3v) is 5.14. The zero-order valence-electron chi connectivity index (χ0n) is 14.6. The average Bonchev–Trinajstić information content (AvgIpc) is 2.50. The Morgan fingerprint density at radius 1 is 1.35 bits per heavy atom. The maximum Gasteiger partial charge on any atom is 0.258 e. The lowest BCUT2D eigenvalue weighted by Gasteiger charge is -2.29. The van der Waals surface area contributed by atoms with Crippen LogP contribution in [0.25, 0.3) is 0 Å². The highest BCUT2D eigenvalue weighted by atomic mass is 35.5. The van der Waals surface area contributed by atoms with Gasteiger partial charge in [0.2, 0.25) is 0 Å². The van der Waals surface area contributed by atoms with Gasteiger partial charge in [-0.05, 0) is 54.9 Å². The quantitative estimate of drug-likeness (QED) is 0.834. The van der Waals surface area contributed by atoms with Gasteiger partial charge in [-0.3, -0.25) is 4.79 Å². The predicted molar refractivity (Wildman–Crippen MR) is 95.3 cm³/mol. The second-order valence-corrected chi connectivity index (χ2v) is 7.43. The van der Waals surface area contributed by atoms with Gasteiger partial charge in [0.25, 0.3) is 5.91 Å². The van der Waals surface area contributed by atoms with E-state index in [4.69, 9.17) is 16.3 Å². The minimum atomic E-state index is -0.0361. The van der Waals surface area contributed by atoms with E-state index in [9.17, 15) is 4.79 Å². The molecule has 1 aromatic rings. The van der Waals surface area contributed by atoms with Crippen molar-refractivity contribution in [2.24, 2.45) is 5.92 Å². The highest BCUT2D eigenvalue weighted by Crippen LogP contribution is 2.32. The first kappa shape index (κ1) is 18.1. The van der Waals surface area contributed by atoms with Gasteiger partial charge in [-0.15, -0.1) is 0 Å². The van der Waals surface area contributed by atoms with Crippen molar-refractivity contribution >= 4 is 17.5 Å². The fourth-order valence-corrected chi connectivity index (χ4v) is 3.34. The van der Waals surface area contributed by atoms with E-state index in [-0.39, 0.29) is 18.6 Å². The van der Waals surface area contributed by atoms with Crippen molar-refractivity contribution in [2.45, 2.75) is 65.3 Å². The second-order valence-electron chi connectivity index (χ2n) is 7.02. The summed E-state index contributed by atoms with van der Waals surface area (Å²) < 4.78 is 5.80. The first-order chi connectivity index (χ1) is 10.9. The number of amides is 1. The van der Waals surface area contributed by atoms with Crippen molar-refractivity contribution in [3.8, 4) is 5.75 Å². The molecular formula is C19H28ClNO2. The van der Waals surface area contributed by atoms with Crippen molar-refractivity contribution in [3.05, 3.63) is 28.3 Å². The third-order valence-electron chi connectivity index (χ3n) is 4.73. The number of halogens is 1. The molecule has 0 aliphatic heterocycles. The van der Waals surface area contributed by atoms with Crippen LogP contribution in [0.1, 0.15) is 63.5 Å². The summed E-state index contributed by atoms with van der Waals surface area (Å²) in [6.45, 7) is 8.41. The number of ether oxygens (including phenoxy) is 1. The Bertz CT molecular complexity index is 557. The fourth-order valence-electron chi connectivity index (χ4n) is 3.17. The zero-order valence-corrected chi connectivity index (χ0v) is 15.4. The number of rotatable bonds is 5. The van der Waals surface area contributed by atoms with Crippen LogP contribution in [0, 0.1) is 12.8 Å². The van der Waals surface area contributed by atoms with E-state index in [1.807, 2.05) is 19.1 Å². The molecule has 1 aliphatic carbocycles. The Balaban J connectivity index is 1.97. The summed E-state index contributed by atoms with van der Waals surface area (Å²) in [4.78, 5) is 12.2. The standard InChI is InChI=1S/C19H28ClNO2/c1-12(2)15-10-16(20)14(4)9-18(15)23-11-19(22)21-17-8-6-5-7-13(17)3/h9-10,12-13,17H,5-8,11H2,1-4H3,(H,21,22). The normalized spacial score (nSPS) is 21.3. The van der Waals surface area contributed by atoms with Crippen molar-refractivity contribution in [2.75, 3.05) is 6.61 Å². The van der Waals surface area contributed by atoms with Gasteiger partial charge >= 0.3 is 0 Å². The summed E-state index contributed by atoms with van der Waals surface area (Å²) in [5.41, 5.74) is 2.01. The van der Waals surface area contributed by atoms with Crippen LogP contribution in [-0.2, 0) is 4.79 Å². The fraction of sp³-hybridized carbons (Fsp3) is 0.632. The SMILES string of the molecule is Cc1cc(OCC(=O)NC2CCCCC2C)c(C(C)C)cc1Cl. The zero-order chi connectivity index (χ0) is 17.0. The molecule has 2 atom stereocenters. The van der Waals surface area contributed by atoms with Crippen molar-refractivity contribution in [3.63, 3.8) is 0 Å². The van der Waals surface area contributed by atoms with Gasteiger partial charge < -0.3 is 10.1 Å². The molecule has 1 amide bonds. The van der Waals surface area contributed by atoms with E-state index in [1.165, 1.54) is 19.3 Å². The lowest BCUT2D eigenvalue weighted by Crippen LogP contribution is -2.43. The van der Waals surface area contributed by atoms with Gasteiger partial charge in [-0.1, -0.05) is 45.2 Å². The lowest BCUT2D eigenvalue weighted by atomic mass is 9.86.